The molecule has 2 nitrogen and oxygen atoms in total. The summed E-state index contributed by atoms with van der Waals surface area (Å²) in [5.41, 5.74) is 0. The summed E-state index contributed by atoms with van der Waals surface area (Å²) in [6, 6.07) is 0. The lowest BCUT2D eigenvalue weighted by Crippen LogP contribution is -2.43. The molecule has 1 unspecified atom stereocenters. The Kier molecular flexibility index (Phi) is 2.90. The number of likely N-dealkylation sites (tertiary alicyclic amines) is 1. The van der Waals surface area contributed by atoms with E-state index in [0.29, 0.717) is 24.4 Å². The van der Waals surface area contributed by atoms with Gasteiger partial charge in [0, 0.05) is 19.7 Å². The Morgan fingerprint density at radius 3 is 2.09 bits per heavy atom. The molecule has 1 saturated heterocycles. The molecule has 11 heavy (non-hydrogen) atoms. The third-order valence-corrected chi connectivity index (χ3v) is 2.87. The maximum atomic E-state index is 9.10. The minimum atomic E-state index is 0.357. The average molecular weight is 157 g/mol. The summed E-state index contributed by atoms with van der Waals surface area (Å²) < 4.78 is 0. The number of hydrogen-bond donors (Lipinski definition) is 1. The van der Waals surface area contributed by atoms with Gasteiger partial charge in [0.2, 0.25) is 0 Å². The zero-order chi connectivity index (χ0) is 8.43. The van der Waals surface area contributed by atoms with Crippen molar-refractivity contribution >= 4 is 0 Å². The van der Waals surface area contributed by atoms with Gasteiger partial charge in [-0.05, 0) is 24.8 Å². The van der Waals surface area contributed by atoms with Crippen molar-refractivity contribution in [3.8, 4) is 0 Å². The van der Waals surface area contributed by atoms with Gasteiger partial charge in [0.1, 0.15) is 0 Å². The van der Waals surface area contributed by atoms with Crippen molar-refractivity contribution in [1.82, 2.24) is 4.90 Å². The molecule has 2 heteroatoms. The summed E-state index contributed by atoms with van der Waals surface area (Å²) in [4.78, 5) is 2.35. The minimum Gasteiger partial charge on any atom is -0.396 e. The molecule has 66 valence electrons. The highest BCUT2D eigenvalue weighted by atomic mass is 16.3. The van der Waals surface area contributed by atoms with Crippen LogP contribution in [0.4, 0.5) is 0 Å². The summed E-state index contributed by atoms with van der Waals surface area (Å²) >= 11 is 0. The Labute approximate surface area is 69.2 Å². The predicted octanol–water partition coefficient (Wildman–Crippen LogP) is 0.812. The average Bonchev–Trinajstić information content (AvgIpc) is 1.85. The normalized spacial score (nSPS) is 40.9. The van der Waals surface area contributed by atoms with Crippen LogP contribution in [0.2, 0.25) is 0 Å². The van der Waals surface area contributed by atoms with Gasteiger partial charge in [0.15, 0.2) is 0 Å². The Hall–Kier alpha value is -0.0800. The van der Waals surface area contributed by atoms with Crippen LogP contribution in [0.5, 0.6) is 0 Å². The van der Waals surface area contributed by atoms with Crippen LogP contribution < -0.4 is 0 Å². The number of piperidine rings is 1. The van der Waals surface area contributed by atoms with Gasteiger partial charge in [0.05, 0.1) is 0 Å². The van der Waals surface area contributed by atoms with Gasteiger partial charge in [-0.3, -0.25) is 0 Å². The largest absolute Gasteiger partial charge is 0.396 e. The van der Waals surface area contributed by atoms with Crippen molar-refractivity contribution in [3.05, 3.63) is 0 Å². The van der Waals surface area contributed by atoms with Gasteiger partial charge in [-0.2, -0.15) is 0 Å². The third kappa shape index (κ3) is 1.94. The monoisotopic (exact) mass is 157 g/mol. The maximum Gasteiger partial charge on any atom is 0.0465 e. The van der Waals surface area contributed by atoms with Crippen molar-refractivity contribution in [2.24, 2.45) is 17.8 Å². The first-order valence-corrected chi connectivity index (χ1v) is 4.44. The fourth-order valence-electron chi connectivity index (χ4n) is 2.25. The first-order chi connectivity index (χ1) is 5.15. The number of nitrogens with zero attached hydrogens (tertiary/aromatic N) is 1. The molecular formula is C9H19NO. The second kappa shape index (κ2) is 3.55. The van der Waals surface area contributed by atoms with Crippen LogP contribution in [-0.2, 0) is 0 Å². The molecule has 0 bridgehead atoms. The molecular weight excluding hydrogens is 138 g/mol. The van der Waals surface area contributed by atoms with Gasteiger partial charge in [-0.1, -0.05) is 13.8 Å². The smallest absolute Gasteiger partial charge is 0.0465 e. The molecule has 1 heterocycles. The molecule has 0 aliphatic carbocycles. The van der Waals surface area contributed by atoms with Crippen molar-refractivity contribution < 1.29 is 5.11 Å². The molecule has 3 atom stereocenters. The SMILES string of the molecule is C[C@@H]1CN(C)C[C@H](C)C1CO. The van der Waals surface area contributed by atoms with E-state index in [1.165, 1.54) is 0 Å². The van der Waals surface area contributed by atoms with Crippen molar-refractivity contribution in [3.63, 3.8) is 0 Å². The number of aliphatic hydroxyl groups is 1. The third-order valence-electron chi connectivity index (χ3n) is 2.87. The molecule has 0 amide bonds. The number of rotatable bonds is 1. The van der Waals surface area contributed by atoms with Crippen LogP contribution in [-0.4, -0.2) is 36.8 Å². The molecule has 0 saturated carbocycles. The van der Waals surface area contributed by atoms with E-state index in [0.717, 1.165) is 13.1 Å². The molecule has 1 N–H and O–H groups in total. The van der Waals surface area contributed by atoms with E-state index >= 15 is 0 Å². The van der Waals surface area contributed by atoms with Crippen molar-refractivity contribution in [1.29, 1.82) is 0 Å². The van der Waals surface area contributed by atoms with Gasteiger partial charge in [-0.25, -0.2) is 0 Å². The van der Waals surface area contributed by atoms with Crippen LogP contribution >= 0.6 is 0 Å². The molecule has 1 aliphatic rings. The standard InChI is InChI=1S/C9H19NO/c1-7-4-10(3)5-8(2)9(7)6-11/h7-9,11H,4-6H2,1-3H3/t7-,8+,9?. The molecule has 1 fully saturated rings. The first-order valence-electron chi connectivity index (χ1n) is 4.44. The maximum absolute atomic E-state index is 9.10. The molecule has 0 spiro atoms. The Morgan fingerprint density at radius 1 is 1.27 bits per heavy atom. The van der Waals surface area contributed by atoms with E-state index in [4.69, 9.17) is 5.11 Å². The Bertz CT molecular complexity index is 115. The van der Waals surface area contributed by atoms with Crippen LogP contribution in [0.3, 0.4) is 0 Å². The van der Waals surface area contributed by atoms with Gasteiger partial charge in [0.25, 0.3) is 0 Å². The zero-order valence-corrected chi connectivity index (χ0v) is 7.75. The second-order valence-corrected chi connectivity index (χ2v) is 4.02. The Morgan fingerprint density at radius 2 is 1.73 bits per heavy atom. The predicted molar refractivity (Wildman–Crippen MR) is 46.4 cm³/mol. The molecule has 0 aromatic carbocycles. The highest BCUT2D eigenvalue weighted by Crippen LogP contribution is 2.26. The van der Waals surface area contributed by atoms with E-state index < -0.39 is 0 Å². The molecule has 0 radical (unpaired) electrons. The highest BCUT2D eigenvalue weighted by molar-refractivity contribution is 4.80. The van der Waals surface area contributed by atoms with Crippen molar-refractivity contribution in [2.75, 3.05) is 26.7 Å². The summed E-state index contributed by atoms with van der Waals surface area (Å²) in [5, 5.41) is 9.10. The van der Waals surface area contributed by atoms with E-state index in [1.807, 2.05) is 0 Å². The van der Waals surface area contributed by atoms with Gasteiger partial charge >= 0.3 is 0 Å². The topological polar surface area (TPSA) is 23.5 Å². The summed E-state index contributed by atoms with van der Waals surface area (Å²) in [6.07, 6.45) is 0. The van der Waals surface area contributed by atoms with Gasteiger partial charge in [-0.15, -0.1) is 0 Å². The fourth-order valence-corrected chi connectivity index (χ4v) is 2.25. The van der Waals surface area contributed by atoms with Crippen molar-refractivity contribution in [2.45, 2.75) is 13.8 Å². The lowest BCUT2D eigenvalue weighted by Gasteiger charge is -2.38. The second-order valence-electron chi connectivity index (χ2n) is 4.02. The van der Waals surface area contributed by atoms with Crippen LogP contribution in [0.25, 0.3) is 0 Å². The summed E-state index contributed by atoms with van der Waals surface area (Å²) in [7, 11) is 2.15. The molecule has 1 rings (SSSR count). The van der Waals surface area contributed by atoms with Crippen LogP contribution in [0.1, 0.15) is 13.8 Å². The van der Waals surface area contributed by atoms with E-state index in [2.05, 4.69) is 25.8 Å². The lowest BCUT2D eigenvalue weighted by molar-refractivity contribution is 0.0531. The first kappa shape index (κ1) is 9.01. The lowest BCUT2D eigenvalue weighted by atomic mass is 9.80. The molecule has 0 aromatic heterocycles. The highest BCUT2D eigenvalue weighted by Gasteiger charge is 2.29. The number of hydrogen-bond acceptors (Lipinski definition) is 2. The Balaban J connectivity index is 2.52. The van der Waals surface area contributed by atoms with E-state index in [-0.39, 0.29) is 0 Å². The van der Waals surface area contributed by atoms with Crippen LogP contribution in [0, 0.1) is 17.8 Å². The fraction of sp³-hybridized carbons (Fsp3) is 1.00. The summed E-state index contributed by atoms with van der Waals surface area (Å²) in [5.74, 6) is 1.81. The van der Waals surface area contributed by atoms with Crippen LogP contribution in [0.15, 0.2) is 0 Å². The quantitative estimate of drug-likeness (QED) is 0.609. The zero-order valence-electron chi connectivity index (χ0n) is 7.75. The summed E-state index contributed by atoms with van der Waals surface area (Å²) in [6.45, 7) is 7.08. The minimum absolute atomic E-state index is 0.357. The molecule has 1 aliphatic heterocycles. The van der Waals surface area contributed by atoms with E-state index in [1.54, 1.807) is 0 Å². The number of aliphatic hydroxyl groups excluding tert-OH is 1. The van der Waals surface area contributed by atoms with E-state index in [9.17, 15) is 0 Å². The van der Waals surface area contributed by atoms with Gasteiger partial charge < -0.3 is 10.0 Å². The molecule has 0 aromatic rings.